The molecule has 1 saturated carbocycles. The van der Waals surface area contributed by atoms with Crippen molar-refractivity contribution in [3.8, 4) is 5.75 Å². The van der Waals surface area contributed by atoms with E-state index in [1.54, 1.807) is 12.1 Å². The molecule has 1 aromatic carbocycles. The fraction of sp³-hybridized carbons (Fsp3) is 0.692. The zero-order chi connectivity index (χ0) is 25.0. The molecule has 3 rings (SSSR count). The Labute approximate surface area is 198 Å². The molecular formula is C26H43N3O4. The molecule has 0 spiro atoms. The van der Waals surface area contributed by atoms with Crippen LogP contribution in [-0.2, 0) is 10.2 Å². The summed E-state index contributed by atoms with van der Waals surface area (Å²) in [5.41, 5.74) is 5.31. The van der Waals surface area contributed by atoms with Crippen molar-refractivity contribution in [3.63, 3.8) is 0 Å². The summed E-state index contributed by atoms with van der Waals surface area (Å²) in [5, 5.41) is 24.7. The van der Waals surface area contributed by atoms with Gasteiger partial charge in [-0.05, 0) is 88.2 Å². The number of imide groups is 1. The molecule has 186 valence electrons. The van der Waals surface area contributed by atoms with Crippen molar-refractivity contribution in [2.75, 3.05) is 13.1 Å². The molecule has 1 aromatic rings. The Bertz CT molecular complexity index is 843. The number of rotatable bonds is 5. The Balaban J connectivity index is 0.00000187. The Kier molecular flexibility index (Phi) is 8.94. The first-order valence-electron chi connectivity index (χ1n) is 12.4. The standard InChI is InChI=1S/C24H37N3O4.C2H6/c1-15(2)8-11-27-12-10-23(20-13-19(28)6-5-16(20)3)14-18(21(29)26-22(25)30)7-9-24(23,31)17(27)4;1-2/h5-6,13,15,17-18,28,31H,7-12,14H2,1-4H3,(H3,25,26,29,30);1-2H3. The number of urea groups is 1. The van der Waals surface area contributed by atoms with Crippen LogP contribution in [0.1, 0.15) is 77.8 Å². The number of aliphatic hydroxyl groups is 1. The molecule has 3 amide bonds. The number of phenolic OH excluding ortho intramolecular Hbond substituents is 1. The highest BCUT2D eigenvalue weighted by molar-refractivity contribution is 5.94. The SMILES string of the molecule is CC.Cc1ccc(O)cc1C12CCN(CCC(C)C)C(C)C1(O)CCC(C(=O)NC(N)=O)C2. The first kappa shape index (κ1) is 27.1. The summed E-state index contributed by atoms with van der Waals surface area (Å²) in [6.45, 7) is 14.2. The summed E-state index contributed by atoms with van der Waals surface area (Å²) in [6, 6.07) is 4.30. The molecule has 33 heavy (non-hydrogen) atoms. The third kappa shape index (κ3) is 5.35. The minimum atomic E-state index is -1.05. The average molecular weight is 462 g/mol. The van der Waals surface area contributed by atoms with Gasteiger partial charge in [-0.15, -0.1) is 0 Å². The van der Waals surface area contributed by atoms with Crippen LogP contribution < -0.4 is 11.1 Å². The number of hydrogen-bond donors (Lipinski definition) is 4. The summed E-state index contributed by atoms with van der Waals surface area (Å²) in [4.78, 5) is 26.3. The van der Waals surface area contributed by atoms with Crippen LogP contribution in [0.3, 0.4) is 0 Å². The van der Waals surface area contributed by atoms with E-state index in [4.69, 9.17) is 5.73 Å². The second-order valence-corrected chi connectivity index (χ2v) is 9.94. The van der Waals surface area contributed by atoms with Crippen molar-refractivity contribution in [2.24, 2.45) is 17.6 Å². The number of amides is 3. The lowest BCUT2D eigenvalue weighted by Gasteiger charge is -2.61. The average Bonchev–Trinajstić information content (AvgIpc) is 2.76. The normalized spacial score (nSPS) is 29.6. The predicted molar refractivity (Wildman–Crippen MR) is 131 cm³/mol. The van der Waals surface area contributed by atoms with Gasteiger partial charge in [0, 0.05) is 17.4 Å². The first-order chi connectivity index (χ1) is 15.5. The number of piperidine rings is 1. The van der Waals surface area contributed by atoms with Gasteiger partial charge < -0.3 is 15.9 Å². The van der Waals surface area contributed by atoms with E-state index in [0.29, 0.717) is 31.6 Å². The molecule has 1 heterocycles. The van der Waals surface area contributed by atoms with Crippen LogP contribution in [0.15, 0.2) is 18.2 Å². The number of nitrogens with zero attached hydrogens (tertiary/aromatic N) is 1. The first-order valence-corrected chi connectivity index (χ1v) is 12.4. The van der Waals surface area contributed by atoms with Gasteiger partial charge in [0.25, 0.3) is 0 Å². The maximum atomic E-state index is 12.7. The van der Waals surface area contributed by atoms with Crippen LogP contribution in [0.5, 0.6) is 5.75 Å². The molecule has 5 N–H and O–H groups in total. The fourth-order valence-electron chi connectivity index (χ4n) is 5.87. The van der Waals surface area contributed by atoms with E-state index in [1.807, 2.05) is 26.8 Å². The fourth-order valence-corrected chi connectivity index (χ4v) is 5.87. The van der Waals surface area contributed by atoms with Crippen molar-refractivity contribution < 1.29 is 19.8 Å². The van der Waals surface area contributed by atoms with E-state index in [2.05, 4.69) is 31.0 Å². The number of carbonyl (C=O) groups is 2. The van der Waals surface area contributed by atoms with Crippen LogP contribution in [0.4, 0.5) is 4.79 Å². The number of benzene rings is 1. The summed E-state index contributed by atoms with van der Waals surface area (Å²) >= 11 is 0. The molecule has 0 radical (unpaired) electrons. The van der Waals surface area contributed by atoms with E-state index >= 15 is 0 Å². The Morgan fingerprint density at radius 3 is 2.55 bits per heavy atom. The third-order valence-electron chi connectivity index (χ3n) is 7.71. The van der Waals surface area contributed by atoms with Gasteiger partial charge in [0.2, 0.25) is 5.91 Å². The van der Waals surface area contributed by atoms with Gasteiger partial charge >= 0.3 is 6.03 Å². The van der Waals surface area contributed by atoms with Crippen LogP contribution in [0.25, 0.3) is 0 Å². The number of hydrogen-bond acceptors (Lipinski definition) is 5. The lowest BCUT2D eigenvalue weighted by molar-refractivity contribution is -0.167. The number of carbonyl (C=O) groups excluding carboxylic acids is 2. The second kappa shape index (κ2) is 10.9. The van der Waals surface area contributed by atoms with E-state index in [1.165, 1.54) is 0 Å². The quantitative estimate of drug-likeness (QED) is 0.532. The highest BCUT2D eigenvalue weighted by Gasteiger charge is 2.61. The van der Waals surface area contributed by atoms with Crippen molar-refractivity contribution in [1.29, 1.82) is 0 Å². The molecule has 0 bridgehead atoms. The molecule has 4 unspecified atom stereocenters. The number of likely N-dealkylation sites (tertiary alicyclic amines) is 1. The number of primary amides is 1. The van der Waals surface area contributed by atoms with Crippen molar-refractivity contribution in [2.45, 2.75) is 90.7 Å². The van der Waals surface area contributed by atoms with Crippen molar-refractivity contribution in [1.82, 2.24) is 10.2 Å². The third-order valence-corrected chi connectivity index (χ3v) is 7.71. The maximum absolute atomic E-state index is 12.7. The molecular weight excluding hydrogens is 418 g/mol. The number of nitrogens with one attached hydrogen (secondary N) is 1. The highest BCUT2D eigenvalue weighted by atomic mass is 16.3. The van der Waals surface area contributed by atoms with E-state index in [-0.39, 0.29) is 17.7 Å². The smallest absolute Gasteiger partial charge is 0.318 e. The molecule has 7 heteroatoms. The molecule has 2 aliphatic rings. The largest absolute Gasteiger partial charge is 0.508 e. The maximum Gasteiger partial charge on any atom is 0.318 e. The summed E-state index contributed by atoms with van der Waals surface area (Å²) < 4.78 is 0. The zero-order valence-corrected chi connectivity index (χ0v) is 21.1. The van der Waals surface area contributed by atoms with Crippen molar-refractivity contribution in [3.05, 3.63) is 29.3 Å². The van der Waals surface area contributed by atoms with E-state index < -0.39 is 23.0 Å². The molecule has 1 saturated heterocycles. The molecule has 2 fully saturated rings. The summed E-state index contributed by atoms with van der Waals surface area (Å²) in [7, 11) is 0. The van der Waals surface area contributed by atoms with E-state index in [9.17, 15) is 19.8 Å². The molecule has 4 atom stereocenters. The van der Waals surface area contributed by atoms with Gasteiger partial charge in [0.05, 0.1) is 5.60 Å². The molecule has 0 aromatic heterocycles. The minimum Gasteiger partial charge on any atom is -0.508 e. The monoisotopic (exact) mass is 461 g/mol. The molecule has 1 aliphatic heterocycles. The summed E-state index contributed by atoms with van der Waals surface area (Å²) in [6.07, 6.45) is 3.07. The summed E-state index contributed by atoms with van der Waals surface area (Å²) in [5.74, 6) is -0.0865. The van der Waals surface area contributed by atoms with Gasteiger partial charge in [0.1, 0.15) is 5.75 Å². The van der Waals surface area contributed by atoms with E-state index in [0.717, 1.165) is 30.6 Å². The van der Waals surface area contributed by atoms with Crippen LogP contribution in [0.2, 0.25) is 0 Å². The number of phenols is 1. The highest BCUT2D eigenvalue weighted by Crippen LogP contribution is 2.56. The number of nitrogens with two attached hydrogens (primary N) is 1. The topological polar surface area (TPSA) is 116 Å². The van der Waals surface area contributed by atoms with Gasteiger partial charge in [-0.2, -0.15) is 0 Å². The molecule has 1 aliphatic carbocycles. The van der Waals surface area contributed by atoms with Gasteiger partial charge in [-0.1, -0.05) is 33.8 Å². The minimum absolute atomic E-state index is 0.0955. The second-order valence-electron chi connectivity index (χ2n) is 9.94. The van der Waals surface area contributed by atoms with Gasteiger partial charge in [0.15, 0.2) is 0 Å². The van der Waals surface area contributed by atoms with Crippen LogP contribution in [0, 0.1) is 18.8 Å². The van der Waals surface area contributed by atoms with Crippen LogP contribution >= 0.6 is 0 Å². The molecule has 7 nitrogen and oxygen atoms in total. The number of aromatic hydroxyl groups is 1. The lowest BCUT2D eigenvalue weighted by atomic mass is 9.51. The Hall–Kier alpha value is -2.12. The van der Waals surface area contributed by atoms with Gasteiger partial charge in [-0.3, -0.25) is 15.0 Å². The Morgan fingerprint density at radius 2 is 1.94 bits per heavy atom. The number of aryl methyl sites for hydroxylation is 1. The Morgan fingerprint density at radius 1 is 1.27 bits per heavy atom. The number of fused-ring (bicyclic) bond motifs is 1. The zero-order valence-electron chi connectivity index (χ0n) is 21.1. The predicted octanol–water partition coefficient (Wildman–Crippen LogP) is 3.83. The van der Waals surface area contributed by atoms with Crippen molar-refractivity contribution >= 4 is 11.9 Å². The van der Waals surface area contributed by atoms with Crippen LogP contribution in [-0.4, -0.2) is 51.8 Å². The van der Waals surface area contributed by atoms with Gasteiger partial charge in [-0.25, -0.2) is 4.79 Å². The lowest BCUT2D eigenvalue weighted by Crippen LogP contribution is -2.70.